The number of pyridine rings is 1. The van der Waals surface area contributed by atoms with Gasteiger partial charge in [0.1, 0.15) is 11.6 Å². The van der Waals surface area contributed by atoms with Gasteiger partial charge in [0.15, 0.2) is 5.76 Å². The van der Waals surface area contributed by atoms with E-state index >= 15 is 0 Å². The van der Waals surface area contributed by atoms with E-state index in [-0.39, 0.29) is 17.4 Å². The lowest BCUT2D eigenvalue weighted by Crippen LogP contribution is -2.49. The molecular formula is C21H20ClN3O3S. The fourth-order valence-electron chi connectivity index (χ4n) is 3.24. The minimum absolute atomic E-state index is 0.152. The molecule has 2 aromatic heterocycles. The third-order valence-corrected chi connectivity index (χ3v) is 6.60. The van der Waals surface area contributed by atoms with Gasteiger partial charge in [0.25, 0.3) is 5.91 Å². The normalized spacial score (nSPS) is 15.3. The van der Waals surface area contributed by atoms with Crippen LogP contribution in [0, 0.1) is 0 Å². The second-order valence-corrected chi connectivity index (χ2v) is 8.48. The van der Waals surface area contributed by atoms with Crippen molar-refractivity contribution in [3.63, 3.8) is 0 Å². The fraction of sp³-hybridized carbons (Fsp3) is 0.238. The Morgan fingerprint density at radius 3 is 2.52 bits per heavy atom. The Morgan fingerprint density at radius 1 is 1.03 bits per heavy atom. The Bertz CT molecular complexity index is 1020. The van der Waals surface area contributed by atoms with E-state index in [1.54, 1.807) is 47.5 Å². The van der Waals surface area contributed by atoms with Gasteiger partial charge in [0, 0.05) is 32.4 Å². The molecule has 3 aromatic rings. The van der Waals surface area contributed by atoms with Crippen LogP contribution in [-0.2, 0) is 16.6 Å². The molecule has 3 heterocycles. The van der Waals surface area contributed by atoms with Gasteiger partial charge in [-0.1, -0.05) is 29.8 Å². The molecule has 1 amide bonds. The van der Waals surface area contributed by atoms with Crippen LogP contribution in [-0.4, -0.2) is 46.2 Å². The molecule has 1 saturated heterocycles. The highest BCUT2D eigenvalue weighted by molar-refractivity contribution is 7.84. The average Bonchev–Trinajstić information content (AvgIpc) is 3.22. The molecule has 150 valence electrons. The van der Waals surface area contributed by atoms with Gasteiger partial charge in [-0.15, -0.1) is 0 Å². The molecule has 0 spiro atoms. The topological polar surface area (TPSA) is 66.7 Å². The van der Waals surface area contributed by atoms with E-state index in [9.17, 15) is 9.00 Å². The van der Waals surface area contributed by atoms with Gasteiger partial charge in [-0.3, -0.25) is 9.00 Å². The highest BCUT2D eigenvalue weighted by Crippen LogP contribution is 2.23. The largest absolute Gasteiger partial charge is 0.455 e. The molecule has 0 bridgehead atoms. The van der Waals surface area contributed by atoms with E-state index < -0.39 is 10.8 Å². The van der Waals surface area contributed by atoms with E-state index in [4.69, 9.17) is 16.0 Å². The molecule has 1 aliphatic rings. The SMILES string of the molecule is O=C(c1ccc(C[S@](=O)c2ccccc2Cl)o1)N1CCN(c2ccccn2)CC1. The molecule has 0 N–H and O–H groups in total. The van der Waals surface area contributed by atoms with Crippen molar-refractivity contribution < 1.29 is 13.4 Å². The lowest BCUT2D eigenvalue weighted by atomic mass is 10.2. The summed E-state index contributed by atoms with van der Waals surface area (Å²) in [6.07, 6.45) is 1.77. The minimum Gasteiger partial charge on any atom is -0.455 e. The van der Waals surface area contributed by atoms with E-state index in [0.29, 0.717) is 41.9 Å². The van der Waals surface area contributed by atoms with Gasteiger partial charge in [0.05, 0.1) is 26.5 Å². The number of amides is 1. The average molecular weight is 430 g/mol. The first-order valence-corrected chi connectivity index (χ1v) is 11.0. The third-order valence-electron chi connectivity index (χ3n) is 4.77. The molecule has 8 heteroatoms. The van der Waals surface area contributed by atoms with Crippen molar-refractivity contribution in [3.8, 4) is 0 Å². The summed E-state index contributed by atoms with van der Waals surface area (Å²) < 4.78 is 18.2. The smallest absolute Gasteiger partial charge is 0.289 e. The number of carbonyl (C=O) groups is 1. The first kappa shape index (κ1) is 19.7. The van der Waals surface area contributed by atoms with Crippen LogP contribution in [0.1, 0.15) is 16.3 Å². The summed E-state index contributed by atoms with van der Waals surface area (Å²) in [6.45, 7) is 2.62. The Morgan fingerprint density at radius 2 is 1.79 bits per heavy atom. The van der Waals surface area contributed by atoms with Crippen LogP contribution in [0.25, 0.3) is 0 Å². The number of furan rings is 1. The highest BCUT2D eigenvalue weighted by Gasteiger charge is 2.25. The zero-order valence-electron chi connectivity index (χ0n) is 15.7. The first-order valence-electron chi connectivity index (χ1n) is 9.29. The van der Waals surface area contributed by atoms with Crippen LogP contribution >= 0.6 is 11.6 Å². The number of benzene rings is 1. The van der Waals surface area contributed by atoms with E-state index in [1.807, 2.05) is 18.2 Å². The van der Waals surface area contributed by atoms with Gasteiger partial charge >= 0.3 is 0 Å². The highest BCUT2D eigenvalue weighted by atomic mass is 35.5. The number of rotatable bonds is 5. The fourth-order valence-corrected chi connectivity index (χ4v) is 4.72. The lowest BCUT2D eigenvalue weighted by Gasteiger charge is -2.34. The van der Waals surface area contributed by atoms with E-state index in [1.165, 1.54) is 0 Å². The predicted octanol–water partition coefficient (Wildman–Crippen LogP) is 3.60. The molecule has 1 atom stereocenters. The quantitative estimate of drug-likeness (QED) is 0.620. The number of hydrogen-bond acceptors (Lipinski definition) is 5. The monoisotopic (exact) mass is 429 g/mol. The number of carbonyl (C=O) groups excluding carboxylic acids is 1. The molecule has 0 aliphatic carbocycles. The van der Waals surface area contributed by atoms with Crippen LogP contribution in [0.3, 0.4) is 0 Å². The first-order chi connectivity index (χ1) is 14.1. The van der Waals surface area contributed by atoms with Crippen molar-refractivity contribution in [1.82, 2.24) is 9.88 Å². The Labute approximate surface area is 176 Å². The Balaban J connectivity index is 1.36. The number of anilines is 1. The second-order valence-electron chi connectivity index (χ2n) is 6.65. The molecule has 1 aromatic carbocycles. The summed E-state index contributed by atoms with van der Waals surface area (Å²) in [5.74, 6) is 1.70. The van der Waals surface area contributed by atoms with Gasteiger partial charge < -0.3 is 14.2 Å². The van der Waals surface area contributed by atoms with Gasteiger partial charge in [-0.05, 0) is 36.4 Å². The van der Waals surface area contributed by atoms with Crippen molar-refractivity contribution in [2.45, 2.75) is 10.6 Å². The third kappa shape index (κ3) is 4.52. The van der Waals surface area contributed by atoms with E-state index in [0.717, 1.165) is 5.82 Å². The van der Waals surface area contributed by atoms with Crippen molar-refractivity contribution in [2.75, 3.05) is 31.1 Å². The molecule has 4 rings (SSSR count). The standard InChI is InChI=1S/C21H20ClN3O3S/c22-17-5-1-2-6-19(17)29(27)15-16-8-9-18(28-16)21(26)25-13-11-24(12-14-25)20-7-3-4-10-23-20/h1-10H,11-15H2/t29-/m0/s1. The van der Waals surface area contributed by atoms with Crippen LogP contribution in [0.15, 0.2) is 70.1 Å². The molecular weight excluding hydrogens is 410 g/mol. The van der Waals surface area contributed by atoms with Crippen molar-refractivity contribution in [3.05, 3.63) is 77.3 Å². The van der Waals surface area contributed by atoms with Gasteiger partial charge in [-0.25, -0.2) is 4.98 Å². The molecule has 0 radical (unpaired) electrons. The Kier molecular flexibility index (Phi) is 5.97. The van der Waals surface area contributed by atoms with E-state index in [2.05, 4.69) is 9.88 Å². The van der Waals surface area contributed by atoms with Gasteiger partial charge in [-0.2, -0.15) is 0 Å². The summed E-state index contributed by atoms with van der Waals surface area (Å²) in [5, 5.41) is 0.458. The van der Waals surface area contributed by atoms with Crippen LogP contribution < -0.4 is 4.90 Å². The number of hydrogen-bond donors (Lipinski definition) is 0. The number of piperazine rings is 1. The molecule has 6 nitrogen and oxygen atoms in total. The minimum atomic E-state index is -1.34. The van der Waals surface area contributed by atoms with Crippen LogP contribution in [0.2, 0.25) is 5.02 Å². The summed E-state index contributed by atoms with van der Waals surface area (Å²) in [6, 6.07) is 16.2. The summed E-state index contributed by atoms with van der Waals surface area (Å²) in [4.78, 5) is 21.6. The molecule has 29 heavy (non-hydrogen) atoms. The summed E-state index contributed by atoms with van der Waals surface area (Å²) in [5.41, 5.74) is 0. The maximum absolute atomic E-state index is 12.8. The van der Waals surface area contributed by atoms with Crippen molar-refractivity contribution >= 4 is 34.1 Å². The maximum atomic E-state index is 12.8. The van der Waals surface area contributed by atoms with Gasteiger partial charge in [0.2, 0.25) is 0 Å². The van der Waals surface area contributed by atoms with Crippen LogP contribution in [0.4, 0.5) is 5.82 Å². The molecule has 0 unspecified atom stereocenters. The zero-order chi connectivity index (χ0) is 20.2. The number of aromatic nitrogens is 1. The van der Waals surface area contributed by atoms with Crippen molar-refractivity contribution in [1.29, 1.82) is 0 Å². The maximum Gasteiger partial charge on any atom is 0.289 e. The molecule has 0 saturated carbocycles. The predicted molar refractivity (Wildman–Crippen MR) is 113 cm³/mol. The van der Waals surface area contributed by atoms with Crippen LogP contribution in [0.5, 0.6) is 0 Å². The number of halogens is 1. The molecule has 1 aliphatic heterocycles. The molecule has 1 fully saturated rings. The number of nitrogens with zero attached hydrogens (tertiary/aromatic N) is 3. The van der Waals surface area contributed by atoms with Crippen molar-refractivity contribution in [2.24, 2.45) is 0 Å². The second kappa shape index (κ2) is 8.80. The lowest BCUT2D eigenvalue weighted by molar-refractivity contribution is 0.0713. The Hall–Kier alpha value is -2.64. The zero-order valence-corrected chi connectivity index (χ0v) is 17.2. The summed E-state index contributed by atoms with van der Waals surface area (Å²) >= 11 is 6.11. The summed E-state index contributed by atoms with van der Waals surface area (Å²) in [7, 11) is -1.34.